The molecule has 0 aliphatic carbocycles. The Morgan fingerprint density at radius 3 is 2.91 bits per heavy atom. The van der Waals surface area contributed by atoms with Crippen molar-refractivity contribution >= 4 is 46.6 Å². The highest BCUT2D eigenvalue weighted by atomic mass is 35.5. The number of carbonyl (C=O) groups excluding carboxylic acids is 1. The van der Waals surface area contributed by atoms with Gasteiger partial charge in [0.05, 0.1) is 21.5 Å². The lowest BCUT2D eigenvalue weighted by Gasteiger charge is -2.13. The summed E-state index contributed by atoms with van der Waals surface area (Å²) in [6, 6.07) is 10.2. The SMILES string of the molecule is C[C@H](Sc1ncccc1C#N)C(=O)Nc1cc(Cl)ccc1Cl. The van der Waals surface area contributed by atoms with Crippen molar-refractivity contribution < 1.29 is 4.79 Å². The number of anilines is 1. The molecular weight excluding hydrogens is 341 g/mol. The first-order chi connectivity index (χ1) is 10.5. The first kappa shape index (κ1) is 16.6. The third kappa shape index (κ3) is 4.14. The van der Waals surface area contributed by atoms with Gasteiger partial charge in [-0.05, 0) is 37.3 Å². The van der Waals surface area contributed by atoms with Crippen LogP contribution in [0.25, 0.3) is 0 Å². The highest BCUT2D eigenvalue weighted by Crippen LogP contribution is 2.28. The van der Waals surface area contributed by atoms with Gasteiger partial charge in [0.25, 0.3) is 0 Å². The van der Waals surface area contributed by atoms with Gasteiger partial charge >= 0.3 is 0 Å². The fourth-order valence-corrected chi connectivity index (χ4v) is 2.82. The van der Waals surface area contributed by atoms with Crippen molar-refractivity contribution in [2.75, 3.05) is 5.32 Å². The lowest BCUT2D eigenvalue weighted by atomic mass is 10.3. The molecule has 7 heteroatoms. The maximum absolute atomic E-state index is 12.2. The van der Waals surface area contributed by atoms with Crippen LogP contribution in [0.1, 0.15) is 12.5 Å². The minimum absolute atomic E-state index is 0.247. The Labute approximate surface area is 142 Å². The van der Waals surface area contributed by atoms with Crippen molar-refractivity contribution in [3.05, 3.63) is 52.1 Å². The van der Waals surface area contributed by atoms with Crippen LogP contribution in [0.4, 0.5) is 5.69 Å². The van der Waals surface area contributed by atoms with Gasteiger partial charge < -0.3 is 5.32 Å². The number of nitrogens with zero attached hydrogens (tertiary/aromatic N) is 2. The van der Waals surface area contributed by atoms with E-state index in [2.05, 4.69) is 16.4 Å². The Morgan fingerprint density at radius 1 is 1.41 bits per heavy atom. The van der Waals surface area contributed by atoms with E-state index in [1.54, 1.807) is 43.5 Å². The number of thioether (sulfide) groups is 1. The van der Waals surface area contributed by atoms with E-state index in [0.29, 0.717) is 26.3 Å². The quantitative estimate of drug-likeness (QED) is 0.830. The third-order valence-corrected chi connectivity index (χ3v) is 4.42. The van der Waals surface area contributed by atoms with E-state index in [9.17, 15) is 4.79 Å². The van der Waals surface area contributed by atoms with Gasteiger partial charge in [-0.1, -0.05) is 35.0 Å². The molecule has 0 aliphatic rings. The van der Waals surface area contributed by atoms with Gasteiger partial charge in [0.2, 0.25) is 5.91 Å². The molecule has 0 radical (unpaired) electrons. The normalized spacial score (nSPS) is 11.5. The van der Waals surface area contributed by atoms with E-state index in [-0.39, 0.29) is 5.91 Å². The fraction of sp³-hybridized carbons (Fsp3) is 0.133. The number of nitriles is 1. The van der Waals surface area contributed by atoms with E-state index < -0.39 is 5.25 Å². The summed E-state index contributed by atoms with van der Waals surface area (Å²) < 4.78 is 0. The Balaban J connectivity index is 2.10. The Kier molecular flexibility index (Phi) is 5.67. The number of hydrogen-bond acceptors (Lipinski definition) is 4. The van der Waals surface area contributed by atoms with Gasteiger partial charge in [-0.15, -0.1) is 0 Å². The van der Waals surface area contributed by atoms with E-state index in [4.69, 9.17) is 28.5 Å². The number of benzene rings is 1. The average molecular weight is 352 g/mol. The van der Waals surface area contributed by atoms with Crippen molar-refractivity contribution in [2.45, 2.75) is 17.2 Å². The molecule has 0 bridgehead atoms. The summed E-state index contributed by atoms with van der Waals surface area (Å²) in [5, 5.41) is 12.7. The molecular formula is C15H11Cl2N3OS. The summed E-state index contributed by atoms with van der Waals surface area (Å²) in [4.78, 5) is 16.4. The van der Waals surface area contributed by atoms with Crippen molar-refractivity contribution in [1.82, 2.24) is 4.98 Å². The first-order valence-electron chi connectivity index (χ1n) is 6.29. The largest absolute Gasteiger partial charge is 0.324 e. The number of nitrogens with one attached hydrogen (secondary N) is 1. The molecule has 2 aromatic rings. The molecule has 0 aliphatic heterocycles. The summed E-state index contributed by atoms with van der Waals surface area (Å²) in [6.07, 6.45) is 1.58. The molecule has 1 amide bonds. The zero-order chi connectivity index (χ0) is 16.1. The number of halogens is 2. The van der Waals surface area contributed by atoms with Crippen molar-refractivity contribution in [1.29, 1.82) is 5.26 Å². The zero-order valence-corrected chi connectivity index (χ0v) is 13.8. The van der Waals surface area contributed by atoms with Gasteiger partial charge in [0.1, 0.15) is 11.1 Å². The molecule has 0 unspecified atom stereocenters. The number of pyridine rings is 1. The van der Waals surface area contributed by atoms with Crippen LogP contribution >= 0.6 is 35.0 Å². The minimum Gasteiger partial charge on any atom is -0.324 e. The second kappa shape index (κ2) is 7.50. The second-order valence-corrected chi connectivity index (χ2v) is 6.51. The number of aromatic nitrogens is 1. The maximum Gasteiger partial charge on any atom is 0.237 e. The fourth-order valence-electron chi connectivity index (χ4n) is 1.62. The number of amides is 1. The Morgan fingerprint density at radius 2 is 2.18 bits per heavy atom. The highest BCUT2D eigenvalue weighted by Gasteiger charge is 2.18. The van der Waals surface area contributed by atoms with Crippen LogP contribution in [0.2, 0.25) is 10.0 Å². The molecule has 1 heterocycles. The lowest BCUT2D eigenvalue weighted by molar-refractivity contribution is -0.115. The molecule has 0 spiro atoms. The molecule has 4 nitrogen and oxygen atoms in total. The number of rotatable bonds is 4. The summed E-state index contributed by atoms with van der Waals surface area (Å²) in [5.74, 6) is -0.247. The van der Waals surface area contributed by atoms with Gasteiger partial charge in [-0.3, -0.25) is 4.79 Å². The van der Waals surface area contributed by atoms with Crippen LogP contribution in [0.5, 0.6) is 0 Å². The summed E-state index contributed by atoms with van der Waals surface area (Å²) in [7, 11) is 0. The topological polar surface area (TPSA) is 65.8 Å². The zero-order valence-electron chi connectivity index (χ0n) is 11.5. The Hall–Kier alpha value is -1.74. The number of carbonyl (C=O) groups is 1. The van der Waals surface area contributed by atoms with Crippen LogP contribution < -0.4 is 5.32 Å². The summed E-state index contributed by atoms with van der Waals surface area (Å²) in [5.41, 5.74) is 0.890. The van der Waals surface area contributed by atoms with E-state index in [1.807, 2.05) is 0 Å². The molecule has 0 saturated carbocycles. The lowest BCUT2D eigenvalue weighted by Crippen LogP contribution is -2.22. The molecule has 1 N–H and O–H groups in total. The summed E-state index contributed by atoms with van der Waals surface area (Å²) >= 11 is 13.1. The van der Waals surface area contributed by atoms with Crippen LogP contribution in [0.3, 0.4) is 0 Å². The van der Waals surface area contributed by atoms with Crippen LogP contribution in [0, 0.1) is 11.3 Å². The number of hydrogen-bond donors (Lipinski definition) is 1. The van der Waals surface area contributed by atoms with E-state index in [0.717, 1.165) is 0 Å². The van der Waals surface area contributed by atoms with Crippen LogP contribution in [0.15, 0.2) is 41.6 Å². The predicted molar refractivity (Wildman–Crippen MR) is 89.4 cm³/mol. The van der Waals surface area contributed by atoms with E-state index >= 15 is 0 Å². The maximum atomic E-state index is 12.2. The molecule has 0 fully saturated rings. The molecule has 1 aromatic heterocycles. The van der Waals surface area contributed by atoms with Crippen molar-refractivity contribution in [3.63, 3.8) is 0 Å². The molecule has 0 saturated heterocycles. The standard InChI is InChI=1S/C15H11Cl2N3OS/c1-9(22-15-10(8-18)3-2-6-19-15)14(21)20-13-7-11(16)4-5-12(13)17/h2-7,9H,1H3,(H,20,21)/t9-/m0/s1. The highest BCUT2D eigenvalue weighted by molar-refractivity contribution is 8.00. The van der Waals surface area contributed by atoms with Crippen molar-refractivity contribution in [3.8, 4) is 6.07 Å². The molecule has 1 aromatic carbocycles. The monoisotopic (exact) mass is 351 g/mol. The van der Waals surface area contributed by atoms with Crippen molar-refractivity contribution in [2.24, 2.45) is 0 Å². The third-order valence-electron chi connectivity index (χ3n) is 2.74. The molecule has 112 valence electrons. The molecule has 22 heavy (non-hydrogen) atoms. The minimum atomic E-state index is -0.447. The first-order valence-corrected chi connectivity index (χ1v) is 7.92. The smallest absolute Gasteiger partial charge is 0.237 e. The molecule has 2 rings (SSSR count). The average Bonchev–Trinajstić information content (AvgIpc) is 2.51. The van der Waals surface area contributed by atoms with Gasteiger partial charge in [-0.2, -0.15) is 5.26 Å². The van der Waals surface area contributed by atoms with E-state index in [1.165, 1.54) is 11.8 Å². The summed E-state index contributed by atoms with van der Waals surface area (Å²) in [6.45, 7) is 1.73. The van der Waals surface area contributed by atoms with Crippen LogP contribution in [-0.2, 0) is 4.79 Å². The van der Waals surface area contributed by atoms with Crippen LogP contribution in [-0.4, -0.2) is 16.1 Å². The molecule has 1 atom stereocenters. The predicted octanol–water partition coefficient (Wildman–Crippen LogP) is 4.38. The van der Waals surface area contributed by atoms with Gasteiger partial charge in [0, 0.05) is 11.2 Å². The van der Waals surface area contributed by atoms with Gasteiger partial charge in [0.15, 0.2) is 0 Å². The second-order valence-electron chi connectivity index (χ2n) is 4.34. The Bertz CT molecular complexity index is 746. The van der Waals surface area contributed by atoms with Gasteiger partial charge in [-0.25, -0.2) is 4.98 Å².